The molecule has 0 atom stereocenters. The SMILES string of the molecule is CC(C)NCc1nnc(-c2cc(Cl)cc(Cl)c2)s1. The highest BCUT2D eigenvalue weighted by atomic mass is 35.5. The van der Waals surface area contributed by atoms with Crippen molar-refractivity contribution in [3.63, 3.8) is 0 Å². The average Bonchev–Trinajstić information content (AvgIpc) is 2.73. The molecule has 0 aliphatic heterocycles. The first-order valence-corrected chi connectivity index (χ1v) is 7.14. The van der Waals surface area contributed by atoms with Gasteiger partial charge in [-0.1, -0.05) is 48.4 Å². The van der Waals surface area contributed by atoms with Crippen molar-refractivity contribution < 1.29 is 0 Å². The molecular weight excluding hydrogens is 289 g/mol. The monoisotopic (exact) mass is 301 g/mol. The van der Waals surface area contributed by atoms with Gasteiger partial charge < -0.3 is 5.32 Å². The van der Waals surface area contributed by atoms with Gasteiger partial charge in [0.25, 0.3) is 0 Å². The zero-order valence-electron chi connectivity index (χ0n) is 10.1. The van der Waals surface area contributed by atoms with E-state index in [1.165, 1.54) is 0 Å². The lowest BCUT2D eigenvalue weighted by Gasteiger charge is -2.03. The van der Waals surface area contributed by atoms with E-state index in [1.807, 2.05) is 12.1 Å². The van der Waals surface area contributed by atoms with Gasteiger partial charge in [0.2, 0.25) is 0 Å². The van der Waals surface area contributed by atoms with Crippen molar-refractivity contribution in [3.05, 3.63) is 33.3 Å². The maximum absolute atomic E-state index is 5.97. The number of halogens is 2. The van der Waals surface area contributed by atoms with Crippen LogP contribution in [0, 0.1) is 0 Å². The summed E-state index contributed by atoms with van der Waals surface area (Å²) >= 11 is 13.5. The molecule has 1 aromatic carbocycles. The van der Waals surface area contributed by atoms with Crippen LogP contribution in [0.25, 0.3) is 10.6 Å². The molecule has 2 rings (SSSR count). The molecule has 0 amide bonds. The summed E-state index contributed by atoms with van der Waals surface area (Å²) in [5, 5.41) is 14.6. The number of hydrogen-bond donors (Lipinski definition) is 1. The van der Waals surface area contributed by atoms with Crippen molar-refractivity contribution >= 4 is 34.5 Å². The zero-order valence-corrected chi connectivity index (χ0v) is 12.4. The molecular formula is C12H13Cl2N3S. The molecule has 1 aromatic heterocycles. The van der Waals surface area contributed by atoms with Gasteiger partial charge >= 0.3 is 0 Å². The number of rotatable bonds is 4. The highest BCUT2D eigenvalue weighted by molar-refractivity contribution is 7.14. The molecule has 0 aliphatic carbocycles. The average molecular weight is 302 g/mol. The molecule has 0 fully saturated rings. The van der Waals surface area contributed by atoms with Crippen LogP contribution in [0.5, 0.6) is 0 Å². The first-order valence-electron chi connectivity index (χ1n) is 5.57. The number of nitrogens with one attached hydrogen (secondary N) is 1. The minimum Gasteiger partial charge on any atom is -0.308 e. The van der Waals surface area contributed by atoms with Crippen LogP contribution in [0.1, 0.15) is 18.9 Å². The first-order chi connectivity index (χ1) is 8.54. The summed E-state index contributed by atoms with van der Waals surface area (Å²) < 4.78 is 0. The molecule has 0 saturated carbocycles. The van der Waals surface area contributed by atoms with E-state index in [9.17, 15) is 0 Å². The standard InChI is InChI=1S/C12H13Cl2N3S/c1-7(2)15-6-11-16-17-12(18-11)8-3-9(13)5-10(14)4-8/h3-5,7,15H,6H2,1-2H3. The van der Waals surface area contributed by atoms with Gasteiger partial charge in [0.05, 0.1) is 0 Å². The summed E-state index contributed by atoms with van der Waals surface area (Å²) in [7, 11) is 0. The Kier molecular flexibility index (Phi) is 4.56. The Balaban J connectivity index is 2.18. The molecule has 0 spiro atoms. The van der Waals surface area contributed by atoms with E-state index in [2.05, 4.69) is 29.4 Å². The highest BCUT2D eigenvalue weighted by Gasteiger charge is 2.08. The maximum Gasteiger partial charge on any atom is 0.147 e. The summed E-state index contributed by atoms with van der Waals surface area (Å²) in [6.45, 7) is 4.92. The van der Waals surface area contributed by atoms with Gasteiger partial charge in [-0.3, -0.25) is 0 Å². The summed E-state index contributed by atoms with van der Waals surface area (Å²) in [5.41, 5.74) is 0.904. The predicted octanol–water partition coefficient (Wildman–Crippen LogP) is 4.01. The first kappa shape index (κ1) is 13.7. The van der Waals surface area contributed by atoms with Crippen molar-refractivity contribution in [1.82, 2.24) is 15.5 Å². The smallest absolute Gasteiger partial charge is 0.147 e. The Labute approximate surface area is 120 Å². The second-order valence-corrected chi connectivity index (χ2v) is 6.13. The summed E-state index contributed by atoms with van der Waals surface area (Å²) in [5.74, 6) is 0. The van der Waals surface area contributed by atoms with Crippen molar-refractivity contribution in [2.75, 3.05) is 0 Å². The van der Waals surface area contributed by atoms with Gasteiger partial charge in [0.15, 0.2) is 0 Å². The lowest BCUT2D eigenvalue weighted by molar-refractivity contribution is 0.585. The summed E-state index contributed by atoms with van der Waals surface area (Å²) in [6.07, 6.45) is 0. The third-order valence-electron chi connectivity index (χ3n) is 2.24. The fourth-order valence-corrected chi connectivity index (χ4v) is 2.71. The van der Waals surface area contributed by atoms with Gasteiger partial charge in [-0.2, -0.15) is 0 Å². The summed E-state index contributed by atoms with van der Waals surface area (Å²) in [6, 6.07) is 5.81. The molecule has 0 saturated heterocycles. The van der Waals surface area contributed by atoms with Crippen LogP contribution in [-0.4, -0.2) is 16.2 Å². The number of hydrogen-bond acceptors (Lipinski definition) is 4. The van der Waals surface area contributed by atoms with Gasteiger partial charge in [-0.15, -0.1) is 10.2 Å². The van der Waals surface area contributed by atoms with E-state index in [0.717, 1.165) is 22.1 Å². The molecule has 0 unspecified atom stereocenters. The van der Waals surface area contributed by atoms with Gasteiger partial charge in [-0.05, 0) is 18.2 Å². The topological polar surface area (TPSA) is 37.8 Å². The van der Waals surface area contributed by atoms with Crippen LogP contribution in [-0.2, 0) is 6.54 Å². The second-order valence-electron chi connectivity index (χ2n) is 4.19. The van der Waals surface area contributed by atoms with Crippen molar-refractivity contribution in [2.45, 2.75) is 26.4 Å². The van der Waals surface area contributed by atoms with E-state index >= 15 is 0 Å². The lowest BCUT2D eigenvalue weighted by atomic mass is 10.2. The van der Waals surface area contributed by atoms with Crippen LogP contribution >= 0.6 is 34.5 Å². The van der Waals surface area contributed by atoms with Crippen LogP contribution in [0.2, 0.25) is 10.0 Å². The molecule has 0 radical (unpaired) electrons. The Morgan fingerprint density at radius 3 is 2.44 bits per heavy atom. The molecule has 6 heteroatoms. The van der Waals surface area contributed by atoms with E-state index < -0.39 is 0 Å². The molecule has 1 N–H and O–H groups in total. The third kappa shape index (κ3) is 3.65. The molecule has 18 heavy (non-hydrogen) atoms. The van der Waals surface area contributed by atoms with Crippen molar-refractivity contribution in [2.24, 2.45) is 0 Å². The molecule has 0 aliphatic rings. The fourth-order valence-electron chi connectivity index (χ4n) is 1.41. The molecule has 2 aromatic rings. The lowest BCUT2D eigenvalue weighted by Crippen LogP contribution is -2.21. The molecule has 3 nitrogen and oxygen atoms in total. The quantitative estimate of drug-likeness (QED) is 0.927. The Bertz CT molecular complexity index is 520. The van der Waals surface area contributed by atoms with Gasteiger partial charge in [0.1, 0.15) is 10.0 Å². The van der Waals surface area contributed by atoms with E-state index in [1.54, 1.807) is 17.4 Å². The Morgan fingerprint density at radius 2 is 1.83 bits per heavy atom. The maximum atomic E-state index is 5.97. The minimum atomic E-state index is 0.429. The Morgan fingerprint density at radius 1 is 1.17 bits per heavy atom. The number of aromatic nitrogens is 2. The van der Waals surface area contributed by atoms with Crippen LogP contribution in [0.15, 0.2) is 18.2 Å². The van der Waals surface area contributed by atoms with Crippen LogP contribution in [0.4, 0.5) is 0 Å². The minimum absolute atomic E-state index is 0.429. The van der Waals surface area contributed by atoms with E-state index in [0.29, 0.717) is 16.1 Å². The van der Waals surface area contributed by atoms with Gasteiger partial charge in [0, 0.05) is 28.2 Å². The number of benzene rings is 1. The van der Waals surface area contributed by atoms with Crippen molar-refractivity contribution in [3.8, 4) is 10.6 Å². The molecule has 1 heterocycles. The van der Waals surface area contributed by atoms with Crippen molar-refractivity contribution in [1.29, 1.82) is 0 Å². The van der Waals surface area contributed by atoms with Crippen LogP contribution < -0.4 is 5.32 Å². The largest absolute Gasteiger partial charge is 0.308 e. The fraction of sp³-hybridized carbons (Fsp3) is 0.333. The summed E-state index contributed by atoms with van der Waals surface area (Å²) in [4.78, 5) is 0. The molecule has 96 valence electrons. The molecule has 0 bridgehead atoms. The van der Waals surface area contributed by atoms with E-state index in [4.69, 9.17) is 23.2 Å². The normalized spacial score (nSPS) is 11.2. The third-order valence-corrected chi connectivity index (χ3v) is 3.65. The van der Waals surface area contributed by atoms with Crippen LogP contribution in [0.3, 0.4) is 0 Å². The Hall–Kier alpha value is -0.680. The zero-order chi connectivity index (χ0) is 13.1. The van der Waals surface area contributed by atoms with E-state index in [-0.39, 0.29) is 0 Å². The predicted molar refractivity (Wildman–Crippen MR) is 77.3 cm³/mol. The highest BCUT2D eigenvalue weighted by Crippen LogP contribution is 2.29. The van der Waals surface area contributed by atoms with Gasteiger partial charge in [-0.25, -0.2) is 0 Å². The second kappa shape index (κ2) is 5.97. The number of nitrogens with zero attached hydrogens (tertiary/aromatic N) is 2.